The summed E-state index contributed by atoms with van der Waals surface area (Å²) >= 11 is 1.65. The molecule has 0 saturated carbocycles. The van der Waals surface area contributed by atoms with Crippen LogP contribution in [0.25, 0.3) is 0 Å². The van der Waals surface area contributed by atoms with Crippen molar-refractivity contribution < 1.29 is 14.7 Å². The van der Waals surface area contributed by atoms with Crippen molar-refractivity contribution in [2.24, 2.45) is 0 Å². The minimum atomic E-state index is -0.955. The molecule has 5 heteroatoms. The molecule has 0 amide bonds. The number of aliphatic carboxylic acids is 1. The molecule has 0 fully saturated rings. The summed E-state index contributed by atoms with van der Waals surface area (Å²) in [6.45, 7) is 0. The van der Waals surface area contributed by atoms with Crippen LogP contribution in [0, 0.1) is 0 Å². The van der Waals surface area contributed by atoms with Crippen molar-refractivity contribution in [1.29, 1.82) is 0 Å². The van der Waals surface area contributed by atoms with Gasteiger partial charge in [-0.15, -0.1) is 0 Å². The number of carboxylic acids is 1. The van der Waals surface area contributed by atoms with Gasteiger partial charge in [-0.1, -0.05) is 30.0 Å². The second kappa shape index (κ2) is 5.61. The fourth-order valence-corrected chi connectivity index (χ4v) is 3.15. The van der Waals surface area contributed by atoms with E-state index in [0.717, 1.165) is 21.2 Å². The summed E-state index contributed by atoms with van der Waals surface area (Å²) in [5.41, 5.74) is 2.45. The number of hydrogen-bond acceptors (Lipinski definition) is 4. The highest BCUT2D eigenvalue weighted by Crippen LogP contribution is 2.44. The number of anilines is 2. The van der Waals surface area contributed by atoms with E-state index < -0.39 is 5.97 Å². The highest BCUT2D eigenvalue weighted by molar-refractivity contribution is 7.99. The summed E-state index contributed by atoms with van der Waals surface area (Å²) in [5, 5.41) is 12.0. The summed E-state index contributed by atoms with van der Waals surface area (Å²) in [4.78, 5) is 24.7. The molecule has 1 aliphatic rings. The fourth-order valence-electron chi connectivity index (χ4n) is 2.18. The highest BCUT2D eigenvalue weighted by Gasteiger charge is 2.17. The number of fused-ring (bicyclic) bond motifs is 2. The molecule has 3 rings (SSSR count). The molecule has 2 aromatic rings. The maximum atomic E-state index is 12.0. The summed E-state index contributed by atoms with van der Waals surface area (Å²) in [7, 11) is 0. The zero-order valence-corrected chi connectivity index (χ0v) is 11.9. The van der Waals surface area contributed by atoms with E-state index in [1.807, 2.05) is 30.3 Å². The molecule has 1 heterocycles. The molecule has 2 aromatic carbocycles. The predicted molar refractivity (Wildman–Crippen MR) is 81.5 cm³/mol. The zero-order chi connectivity index (χ0) is 14.8. The van der Waals surface area contributed by atoms with Crippen LogP contribution in [0.15, 0.2) is 52.3 Å². The average molecular weight is 299 g/mol. The molecule has 21 heavy (non-hydrogen) atoms. The third kappa shape index (κ3) is 2.92. The molecule has 0 atom stereocenters. The smallest absolute Gasteiger partial charge is 0.303 e. The largest absolute Gasteiger partial charge is 0.481 e. The number of hydrogen-bond donors (Lipinski definition) is 2. The number of carboxylic acid groups (broad SMARTS) is 1. The van der Waals surface area contributed by atoms with Gasteiger partial charge in [-0.05, 0) is 24.3 Å². The molecule has 4 nitrogen and oxygen atoms in total. The van der Waals surface area contributed by atoms with Crippen molar-refractivity contribution >= 4 is 34.9 Å². The van der Waals surface area contributed by atoms with Crippen LogP contribution in [0.1, 0.15) is 23.2 Å². The first-order valence-electron chi connectivity index (χ1n) is 6.56. The van der Waals surface area contributed by atoms with E-state index in [4.69, 9.17) is 5.11 Å². The normalized spacial score (nSPS) is 12.0. The monoisotopic (exact) mass is 299 g/mol. The molecule has 106 valence electrons. The van der Waals surface area contributed by atoms with Gasteiger partial charge in [0.15, 0.2) is 5.78 Å². The Kier molecular flexibility index (Phi) is 3.66. The molecular weight excluding hydrogens is 286 g/mol. The number of carbonyl (C=O) groups is 2. The van der Waals surface area contributed by atoms with Crippen LogP contribution in [0.4, 0.5) is 11.4 Å². The van der Waals surface area contributed by atoms with E-state index in [2.05, 4.69) is 5.32 Å². The lowest BCUT2D eigenvalue weighted by atomic mass is 10.1. The predicted octanol–water partition coefficient (Wildman–Crippen LogP) is 3.94. The van der Waals surface area contributed by atoms with Crippen LogP contribution >= 0.6 is 11.8 Å². The molecule has 0 spiro atoms. The van der Waals surface area contributed by atoms with E-state index in [9.17, 15) is 9.59 Å². The number of para-hydroxylation sites is 1. The van der Waals surface area contributed by atoms with Gasteiger partial charge in [0.2, 0.25) is 0 Å². The van der Waals surface area contributed by atoms with Crippen molar-refractivity contribution in [1.82, 2.24) is 0 Å². The average Bonchev–Trinajstić information content (AvgIpc) is 2.50. The number of benzene rings is 2. The third-order valence-electron chi connectivity index (χ3n) is 3.24. The van der Waals surface area contributed by atoms with Crippen LogP contribution in [0.3, 0.4) is 0 Å². The van der Waals surface area contributed by atoms with E-state index in [1.165, 1.54) is 0 Å². The molecule has 0 bridgehead atoms. The molecule has 2 N–H and O–H groups in total. The standard InChI is InChI=1S/C16H13NO3S/c18-13(6-8-16(19)20)10-5-7-15-12(9-10)17-11-3-1-2-4-14(11)21-15/h1-5,7,9,17H,6,8H2,(H,19,20). The van der Waals surface area contributed by atoms with Gasteiger partial charge >= 0.3 is 5.97 Å². The maximum Gasteiger partial charge on any atom is 0.303 e. The summed E-state index contributed by atoms with van der Waals surface area (Å²) in [6, 6.07) is 13.4. The first-order chi connectivity index (χ1) is 10.1. The molecule has 0 saturated heterocycles. The van der Waals surface area contributed by atoms with E-state index >= 15 is 0 Å². The van der Waals surface area contributed by atoms with Gasteiger partial charge in [-0.2, -0.15) is 0 Å². The second-order valence-electron chi connectivity index (χ2n) is 4.75. The summed E-state index contributed by atoms with van der Waals surface area (Å²) < 4.78 is 0. The molecular formula is C16H13NO3S. The van der Waals surface area contributed by atoms with Crippen LogP contribution in [-0.2, 0) is 4.79 Å². The minimum absolute atomic E-state index is 0.0256. The van der Waals surface area contributed by atoms with Crippen molar-refractivity contribution in [2.75, 3.05) is 5.32 Å². The first kappa shape index (κ1) is 13.7. The van der Waals surface area contributed by atoms with Gasteiger partial charge in [-0.25, -0.2) is 0 Å². The van der Waals surface area contributed by atoms with Crippen LogP contribution in [0.5, 0.6) is 0 Å². The molecule has 0 aliphatic carbocycles. The molecule has 0 aromatic heterocycles. The Morgan fingerprint density at radius 2 is 1.76 bits per heavy atom. The van der Waals surface area contributed by atoms with Gasteiger partial charge < -0.3 is 10.4 Å². The summed E-state index contributed by atoms with van der Waals surface area (Å²) in [5.74, 6) is -1.10. The second-order valence-corrected chi connectivity index (χ2v) is 5.83. The molecule has 0 unspecified atom stereocenters. The fraction of sp³-hybridized carbons (Fsp3) is 0.125. The molecule has 1 aliphatic heterocycles. The number of nitrogens with one attached hydrogen (secondary N) is 1. The van der Waals surface area contributed by atoms with Gasteiger partial charge in [0.1, 0.15) is 0 Å². The summed E-state index contributed by atoms with van der Waals surface area (Å²) in [6.07, 6.45) is -0.112. The third-order valence-corrected chi connectivity index (χ3v) is 4.40. The number of rotatable bonds is 4. The SMILES string of the molecule is O=C(O)CCC(=O)c1ccc2c(c1)Nc1ccccc1S2. The topological polar surface area (TPSA) is 66.4 Å². The first-order valence-corrected chi connectivity index (χ1v) is 7.38. The van der Waals surface area contributed by atoms with Crippen LogP contribution < -0.4 is 5.32 Å². The van der Waals surface area contributed by atoms with Crippen LogP contribution in [-0.4, -0.2) is 16.9 Å². The Bertz CT molecular complexity index is 727. The van der Waals surface area contributed by atoms with Gasteiger partial charge in [0.25, 0.3) is 0 Å². The highest BCUT2D eigenvalue weighted by atomic mass is 32.2. The Labute approximate surface area is 126 Å². The Morgan fingerprint density at radius 3 is 2.57 bits per heavy atom. The van der Waals surface area contributed by atoms with Crippen LogP contribution in [0.2, 0.25) is 0 Å². The Hall–Kier alpha value is -2.27. The molecule has 0 radical (unpaired) electrons. The van der Waals surface area contributed by atoms with Crippen molar-refractivity contribution in [3.05, 3.63) is 48.0 Å². The number of Topliss-reactive ketones (excluding diaryl/α,β-unsaturated/α-hetero) is 1. The van der Waals surface area contributed by atoms with E-state index in [-0.39, 0.29) is 18.6 Å². The lowest BCUT2D eigenvalue weighted by Gasteiger charge is -2.21. The maximum absolute atomic E-state index is 12.0. The number of carbonyl (C=O) groups excluding carboxylic acids is 1. The Balaban J connectivity index is 1.83. The zero-order valence-electron chi connectivity index (χ0n) is 11.1. The van der Waals surface area contributed by atoms with Crippen molar-refractivity contribution in [2.45, 2.75) is 22.6 Å². The van der Waals surface area contributed by atoms with Crippen molar-refractivity contribution in [3.63, 3.8) is 0 Å². The minimum Gasteiger partial charge on any atom is -0.481 e. The van der Waals surface area contributed by atoms with Gasteiger partial charge in [0, 0.05) is 21.8 Å². The Morgan fingerprint density at radius 1 is 1.00 bits per heavy atom. The van der Waals surface area contributed by atoms with Gasteiger partial charge in [-0.3, -0.25) is 9.59 Å². The lowest BCUT2D eigenvalue weighted by molar-refractivity contribution is -0.136. The van der Waals surface area contributed by atoms with Gasteiger partial charge in [0.05, 0.1) is 17.8 Å². The quantitative estimate of drug-likeness (QED) is 0.714. The number of ketones is 1. The lowest BCUT2D eigenvalue weighted by Crippen LogP contribution is -2.06. The van der Waals surface area contributed by atoms with Crippen molar-refractivity contribution in [3.8, 4) is 0 Å². The van der Waals surface area contributed by atoms with E-state index in [0.29, 0.717) is 5.56 Å². The van der Waals surface area contributed by atoms with E-state index in [1.54, 1.807) is 23.9 Å².